The summed E-state index contributed by atoms with van der Waals surface area (Å²) in [4.78, 5) is 28.7. The number of hydrogen-bond acceptors (Lipinski definition) is 13. The van der Waals surface area contributed by atoms with Crippen LogP contribution in [-0.2, 0) is 42.4 Å². The zero-order chi connectivity index (χ0) is 62.9. The normalized spacial score (nSPS) is 18.6. The predicted octanol–water partition coefficient (Wildman–Crippen LogP) is 3.87. The molecule has 0 saturated carbocycles. The summed E-state index contributed by atoms with van der Waals surface area (Å²) >= 11 is 0. The number of nitrogens with zero attached hydrogens (tertiary/aromatic N) is 25. The lowest BCUT2D eigenvalue weighted by Gasteiger charge is -2.16. The van der Waals surface area contributed by atoms with Gasteiger partial charge in [-0.1, -0.05) is 36.8 Å². The van der Waals surface area contributed by atoms with Gasteiger partial charge in [0, 0.05) is 35.4 Å². The van der Waals surface area contributed by atoms with Crippen LogP contribution in [0.25, 0.3) is 68.6 Å². The summed E-state index contributed by atoms with van der Waals surface area (Å²) < 4.78 is 180. The molecule has 0 amide bonds. The number of aryl methyl sites for hydroxylation is 3. The highest BCUT2D eigenvalue weighted by Gasteiger charge is 2.74. The average Bonchev–Trinajstić information content (AvgIpc) is 1.52. The molecule has 450 valence electrons. The van der Waals surface area contributed by atoms with Crippen molar-refractivity contribution in [2.75, 3.05) is 0 Å². The second-order valence-electron chi connectivity index (χ2n) is 21.3. The van der Waals surface area contributed by atoms with Gasteiger partial charge in [0.05, 0.1) is 47.9 Å². The van der Waals surface area contributed by atoms with Crippen LogP contribution < -0.4 is 27.4 Å². The Balaban J connectivity index is 0.000000108. The van der Waals surface area contributed by atoms with E-state index in [1.54, 1.807) is 85.0 Å². The molecule has 18 heterocycles. The molecule has 37 heteroatoms. The Morgan fingerprint density at radius 3 is 1.21 bits per heavy atom. The van der Waals surface area contributed by atoms with Crippen molar-refractivity contribution >= 4 is 0 Å². The first-order chi connectivity index (χ1) is 42.7. The molecule has 18 rings (SSSR count). The summed E-state index contributed by atoms with van der Waals surface area (Å²) in [6, 6.07) is 3.65. The van der Waals surface area contributed by atoms with Crippen molar-refractivity contribution in [3.63, 3.8) is 0 Å². The van der Waals surface area contributed by atoms with E-state index in [0.717, 1.165) is 74.7 Å². The monoisotopic (exact) mass is 1250 g/mol. The summed E-state index contributed by atoms with van der Waals surface area (Å²) in [5.41, 5.74) is 4.87. The fourth-order valence-corrected chi connectivity index (χ4v) is 12.7. The fraction of sp³-hybridized carbons (Fsp3) is 0.226. The summed E-state index contributed by atoms with van der Waals surface area (Å²) in [5, 5.41) is 25.4. The molecule has 0 radical (unpaired) electrons. The highest BCUT2D eigenvalue weighted by molar-refractivity contribution is 5.62. The summed E-state index contributed by atoms with van der Waals surface area (Å²) in [7, 11) is 0. The SMILES string of the molecule is Cc1nc2n(n1)C1(n3nc(C(F)(F)F)cc3-c3cncc[n+]31)[n+]1ccc(C(F)(F)F)cc1-2.Cc1nn2c(c1C)-c1cncc[n+]1C21n2nc(C(F)(F)F)cc2-c2cncc[n+]21.Cc1nn2c(c1C)-c1cncc[n+]1C21n2nc(C(F)(F)F)nc2-c2cncc[n+]21. The standard InChI is InChI=1S/C18H10F6N8.C18H13F3N8.C17H12F3N9/c1-9-26-15-12-6-10(16(19,20)21)2-4-29(12)18(32(15)27-9)30-5-3-25-8-13(30)11-7-14(17(22,23)24)28-31(11)18;1-10-11(2)24-29-16(10)14-9-23-4-6-27(14)18(29)26-5-3-22-8-13(26)12-7-15(17(19,20)21)25-28(12)18;1-9-10(2)24-28-13(9)11-7-21-3-5-26(11)17(28)27-6-4-22-8-12(27)14-23-15(16(18,19)20)25-29(14)17/h2-8H,1H3;3-9H,1-2H3;3-8H,1-2H3/q3*+2. The number of hydrogen-bond donors (Lipinski definition) is 0. The first kappa shape index (κ1) is 54.2. The van der Waals surface area contributed by atoms with Crippen LogP contribution in [0.15, 0.2) is 123 Å². The summed E-state index contributed by atoms with van der Waals surface area (Å²) in [6.45, 7) is 9.11. The largest absolute Gasteiger partial charge is 0.584 e. The molecule has 12 aromatic rings. The lowest BCUT2D eigenvalue weighted by molar-refractivity contribution is -0.991. The van der Waals surface area contributed by atoms with Crippen molar-refractivity contribution in [3.8, 4) is 68.6 Å². The van der Waals surface area contributed by atoms with Gasteiger partial charge in [0.1, 0.15) is 36.8 Å². The van der Waals surface area contributed by atoms with E-state index in [1.807, 2.05) is 36.8 Å². The molecule has 6 aliphatic rings. The molecule has 3 unspecified atom stereocenters. The lowest BCUT2D eigenvalue weighted by Crippen LogP contribution is -2.77. The molecule has 0 fully saturated rings. The Kier molecular flexibility index (Phi) is 10.4. The third-order valence-electron chi connectivity index (χ3n) is 16.5. The molecule has 0 bridgehead atoms. The Bertz CT molecular complexity index is 4900. The number of halogens is 12. The average molecular weight is 1250 g/mol. The van der Waals surface area contributed by atoms with Crippen LogP contribution >= 0.6 is 0 Å². The zero-order valence-corrected chi connectivity index (χ0v) is 46.3. The van der Waals surface area contributed by atoms with Gasteiger partial charge in [-0.3, -0.25) is 24.9 Å². The third-order valence-corrected chi connectivity index (χ3v) is 16.5. The van der Waals surface area contributed by atoms with E-state index < -0.39 is 65.2 Å². The molecular formula is C53H35F12N25+6. The van der Waals surface area contributed by atoms with Crippen molar-refractivity contribution in [1.29, 1.82) is 0 Å². The molecule has 12 aromatic heterocycles. The molecule has 25 nitrogen and oxygen atoms in total. The molecule has 6 aliphatic heterocycles. The van der Waals surface area contributed by atoms with Crippen LogP contribution in [0.2, 0.25) is 0 Å². The number of fused-ring (bicyclic) bond motifs is 30. The van der Waals surface area contributed by atoms with Gasteiger partial charge in [0.2, 0.25) is 11.6 Å². The smallest absolute Gasteiger partial charge is 0.251 e. The van der Waals surface area contributed by atoms with Crippen LogP contribution in [0.3, 0.4) is 0 Å². The quantitative estimate of drug-likeness (QED) is 0.156. The van der Waals surface area contributed by atoms with Crippen molar-refractivity contribution in [2.45, 2.75) is 77.1 Å². The zero-order valence-electron chi connectivity index (χ0n) is 46.3. The topological polar surface area (TPSA) is 220 Å². The van der Waals surface area contributed by atoms with E-state index in [-0.39, 0.29) is 34.6 Å². The minimum atomic E-state index is -4.74. The van der Waals surface area contributed by atoms with Crippen molar-refractivity contribution < 1.29 is 80.1 Å². The van der Waals surface area contributed by atoms with Gasteiger partial charge in [0.25, 0.3) is 40.0 Å². The number of aromatic nitrogens is 25. The second kappa shape index (κ2) is 17.3. The second-order valence-corrected chi connectivity index (χ2v) is 21.3. The van der Waals surface area contributed by atoms with Crippen molar-refractivity contribution in [1.82, 2.24) is 93.6 Å². The van der Waals surface area contributed by atoms with E-state index in [2.05, 4.69) is 60.4 Å². The molecule has 90 heavy (non-hydrogen) atoms. The van der Waals surface area contributed by atoms with Gasteiger partial charge in [-0.15, -0.1) is 28.9 Å². The molecule has 0 N–H and O–H groups in total. The summed E-state index contributed by atoms with van der Waals surface area (Å²) in [5.74, 6) is -5.29. The van der Waals surface area contributed by atoms with Crippen molar-refractivity contribution in [3.05, 3.63) is 175 Å². The molecule has 0 saturated heterocycles. The minimum Gasteiger partial charge on any atom is -0.251 e. The number of alkyl halides is 12. The van der Waals surface area contributed by atoms with Crippen LogP contribution in [0, 0.1) is 34.6 Å². The lowest BCUT2D eigenvalue weighted by atomic mass is 10.2. The van der Waals surface area contributed by atoms with E-state index in [4.69, 9.17) is 5.10 Å². The Labute approximate surface area is 492 Å². The minimum absolute atomic E-state index is 0.0209. The highest BCUT2D eigenvalue weighted by atomic mass is 19.4. The first-order valence-electron chi connectivity index (χ1n) is 26.7. The van der Waals surface area contributed by atoms with Crippen LogP contribution in [-0.4, -0.2) is 93.6 Å². The van der Waals surface area contributed by atoms with Gasteiger partial charge in [-0.25, -0.2) is 4.98 Å². The molecule has 0 aromatic carbocycles. The van der Waals surface area contributed by atoms with Gasteiger partial charge in [-0.05, 0) is 34.6 Å². The fourth-order valence-electron chi connectivity index (χ4n) is 12.7. The van der Waals surface area contributed by atoms with E-state index in [1.165, 1.54) is 56.5 Å². The Hall–Kier alpha value is -11.2. The Morgan fingerprint density at radius 1 is 0.367 bits per heavy atom. The number of pyridine rings is 1. The predicted molar refractivity (Wildman–Crippen MR) is 268 cm³/mol. The Morgan fingerprint density at radius 2 is 0.756 bits per heavy atom. The maximum Gasteiger partial charge on any atom is 0.584 e. The number of rotatable bonds is 0. The van der Waals surface area contributed by atoms with Crippen LogP contribution in [0.5, 0.6) is 0 Å². The summed E-state index contributed by atoms with van der Waals surface area (Å²) in [6.07, 6.45) is 6.25. The molecule has 3 atom stereocenters. The van der Waals surface area contributed by atoms with E-state index in [9.17, 15) is 52.7 Å². The van der Waals surface area contributed by atoms with Crippen molar-refractivity contribution in [2.24, 2.45) is 0 Å². The molecular weight excluding hydrogens is 1210 g/mol. The maximum absolute atomic E-state index is 13.5. The van der Waals surface area contributed by atoms with Gasteiger partial charge in [-0.2, -0.15) is 78.1 Å². The highest BCUT2D eigenvalue weighted by Crippen LogP contribution is 2.45. The molecule has 0 aliphatic carbocycles. The first-order valence-corrected chi connectivity index (χ1v) is 26.7. The van der Waals surface area contributed by atoms with Crippen LogP contribution in [0.1, 0.15) is 51.1 Å². The van der Waals surface area contributed by atoms with Crippen LogP contribution in [0.4, 0.5) is 52.7 Å². The van der Waals surface area contributed by atoms with Gasteiger partial charge in [0.15, 0.2) is 71.3 Å². The van der Waals surface area contributed by atoms with E-state index in [0.29, 0.717) is 22.8 Å². The van der Waals surface area contributed by atoms with Gasteiger partial charge < -0.3 is 0 Å². The third kappa shape index (κ3) is 6.70. The van der Waals surface area contributed by atoms with Gasteiger partial charge >= 0.3 is 42.4 Å². The maximum atomic E-state index is 13.5. The molecule has 3 spiro atoms. The van der Waals surface area contributed by atoms with E-state index >= 15 is 0 Å².